The van der Waals surface area contributed by atoms with E-state index in [4.69, 9.17) is 23.2 Å². The lowest BCUT2D eigenvalue weighted by molar-refractivity contribution is -0.124. The third-order valence-electron chi connectivity index (χ3n) is 4.36. The number of amides is 3. The quantitative estimate of drug-likeness (QED) is 0.818. The third-order valence-corrected chi connectivity index (χ3v) is 5.10. The molecule has 1 unspecified atom stereocenters. The van der Waals surface area contributed by atoms with Crippen LogP contribution in [0.5, 0.6) is 5.75 Å². The first-order chi connectivity index (χ1) is 11.3. The number of benzene rings is 2. The third kappa shape index (κ3) is 2.32. The number of nitrogens with zero attached hydrogens (tertiary/aromatic N) is 2. The maximum absolute atomic E-state index is 13.1. The fourth-order valence-corrected chi connectivity index (χ4v) is 3.04. The van der Waals surface area contributed by atoms with Crippen molar-refractivity contribution in [2.75, 3.05) is 11.9 Å². The van der Waals surface area contributed by atoms with Gasteiger partial charge in [-0.25, -0.2) is 9.69 Å². The molecule has 24 heavy (non-hydrogen) atoms. The van der Waals surface area contributed by atoms with Gasteiger partial charge in [0.1, 0.15) is 11.3 Å². The highest BCUT2D eigenvalue weighted by Crippen LogP contribution is 2.40. The monoisotopic (exact) mass is 364 g/mol. The van der Waals surface area contributed by atoms with E-state index in [9.17, 15) is 14.7 Å². The molecular weight excluding hydrogens is 351 g/mol. The first-order valence-electron chi connectivity index (χ1n) is 7.13. The molecule has 1 heterocycles. The van der Waals surface area contributed by atoms with E-state index in [1.807, 2.05) is 0 Å². The molecule has 1 saturated heterocycles. The fourth-order valence-electron chi connectivity index (χ4n) is 2.74. The van der Waals surface area contributed by atoms with Crippen molar-refractivity contribution in [2.45, 2.75) is 12.5 Å². The van der Waals surface area contributed by atoms with E-state index < -0.39 is 17.5 Å². The number of hydrogen-bond acceptors (Lipinski definition) is 3. The SMILES string of the molecule is CN1C(=O)N(c2ccc(Cl)c(Cl)c2)C(=O)C1(C)c1ccc(O)cc1. The zero-order valence-electron chi connectivity index (χ0n) is 13.0. The number of carbonyl (C=O) groups is 2. The molecule has 0 spiro atoms. The molecule has 5 nitrogen and oxygen atoms in total. The molecule has 2 aromatic rings. The standard InChI is InChI=1S/C17H14Cl2N2O3/c1-17(10-3-6-12(22)7-4-10)15(23)21(16(24)20(17)2)11-5-8-13(18)14(19)9-11/h3-9,22H,1-2H3. The summed E-state index contributed by atoms with van der Waals surface area (Å²) < 4.78 is 0. The molecular formula is C17H14Cl2N2O3. The van der Waals surface area contributed by atoms with Crippen molar-refractivity contribution in [3.8, 4) is 5.75 Å². The van der Waals surface area contributed by atoms with Gasteiger partial charge in [0.15, 0.2) is 0 Å². The van der Waals surface area contributed by atoms with Gasteiger partial charge in [0, 0.05) is 7.05 Å². The average Bonchev–Trinajstić information content (AvgIpc) is 2.73. The summed E-state index contributed by atoms with van der Waals surface area (Å²) in [6, 6.07) is 10.3. The van der Waals surface area contributed by atoms with E-state index in [0.717, 1.165) is 4.90 Å². The van der Waals surface area contributed by atoms with E-state index in [2.05, 4.69) is 0 Å². The highest BCUT2D eigenvalue weighted by molar-refractivity contribution is 6.42. The van der Waals surface area contributed by atoms with Crippen molar-refractivity contribution in [3.05, 3.63) is 58.1 Å². The molecule has 0 radical (unpaired) electrons. The summed E-state index contributed by atoms with van der Waals surface area (Å²) in [4.78, 5) is 28.2. The molecule has 0 aromatic heterocycles. The number of halogens is 2. The number of carbonyl (C=O) groups excluding carboxylic acids is 2. The Balaban J connectivity index is 2.09. The van der Waals surface area contributed by atoms with Gasteiger partial charge in [-0.3, -0.25) is 4.79 Å². The van der Waals surface area contributed by atoms with Crippen LogP contribution in [0.1, 0.15) is 12.5 Å². The maximum atomic E-state index is 13.1. The Morgan fingerprint density at radius 2 is 1.62 bits per heavy atom. The number of likely N-dealkylation sites (N-methyl/N-ethyl adjacent to an activating group) is 1. The van der Waals surface area contributed by atoms with E-state index in [-0.39, 0.29) is 10.8 Å². The van der Waals surface area contributed by atoms with Crippen LogP contribution < -0.4 is 4.90 Å². The smallest absolute Gasteiger partial charge is 0.332 e. The Bertz CT molecular complexity index is 838. The summed E-state index contributed by atoms with van der Waals surface area (Å²) in [7, 11) is 1.56. The Labute approximate surface area is 149 Å². The minimum absolute atomic E-state index is 0.0862. The van der Waals surface area contributed by atoms with Gasteiger partial charge in [0.2, 0.25) is 0 Å². The molecule has 0 aliphatic carbocycles. The van der Waals surface area contributed by atoms with Gasteiger partial charge < -0.3 is 10.0 Å². The van der Waals surface area contributed by atoms with Crippen molar-refractivity contribution in [1.82, 2.24) is 4.90 Å². The van der Waals surface area contributed by atoms with E-state index in [0.29, 0.717) is 16.3 Å². The molecule has 3 rings (SSSR count). The summed E-state index contributed by atoms with van der Waals surface area (Å²) in [5.74, 6) is -0.317. The number of imide groups is 1. The molecule has 1 aliphatic rings. The maximum Gasteiger partial charge on any atom is 0.332 e. The van der Waals surface area contributed by atoms with Crippen LogP contribution in [0.4, 0.5) is 10.5 Å². The predicted octanol–water partition coefficient (Wildman–Crippen LogP) is 4.01. The van der Waals surface area contributed by atoms with Crippen molar-refractivity contribution in [1.29, 1.82) is 0 Å². The van der Waals surface area contributed by atoms with Gasteiger partial charge in [-0.2, -0.15) is 0 Å². The molecule has 1 N–H and O–H groups in total. The summed E-state index contributed by atoms with van der Waals surface area (Å²) in [5.41, 5.74) is -0.228. The highest BCUT2D eigenvalue weighted by atomic mass is 35.5. The Morgan fingerprint density at radius 3 is 2.21 bits per heavy atom. The number of hydrogen-bond donors (Lipinski definition) is 1. The Hall–Kier alpha value is -2.24. The zero-order chi connectivity index (χ0) is 17.6. The summed E-state index contributed by atoms with van der Waals surface area (Å²) in [6.45, 7) is 1.66. The number of rotatable bonds is 2. The molecule has 0 saturated carbocycles. The van der Waals surface area contributed by atoms with E-state index >= 15 is 0 Å². The van der Waals surface area contributed by atoms with Gasteiger partial charge >= 0.3 is 6.03 Å². The Kier molecular flexibility index (Phi) is 3.94. The Morgan fingerprint density at radius 1 is 1.00 bits per heavy atom. The van der Waals surface area contributed by atoms with Crippen LogP contribution in [0.15, 0.2) is 42.5 Å². The normalized spacial score (nSPS) is 20.8. The lowest BCUT2D eigenvalue weighted by atomic mass is 9.90. The molecule has 0 bridgehead atoms. The zero-order valence-corrected chi connectivity index (χ0v) is 14.5. The van der Waals surface area contributed by atoms with E-state index in [1.165, 1.54) is 29.2 Å². The van der Waals surface area contributed by atoms with Crippen LogP contribution >= 0.6 is 23.2 Å². The van der Waals surface area contributed by atoms with Crippen LogP contribution in [-0.2, 0) is 10.3 Å². The fraction of sp³-hybridized carbons (Fsp3) is 0.176. The van der Waals surface area contributed by atoms with Crippen LogP contribution in [0.25, 0.3) is 0 Å². The first kappa shape index (κ1) is 16.6. The molecule has 2 aromatic carbocycles. The number of anilines is 1. The van der Waals surface area contributed by atoms with Crippen LogP contribution in [0.2, 0.25) is 10.0 Å². The van der Waals surface area contributed by atoms with Crippen molar-refractivity contribution < 1.29 is 14.7 Å². The van der Waals surface area contributed by atoms with Gasteiger partial charge in [-0.05, 0) is 42.8 Å². The lowest BCUT2D eigenvalue weighted by Gasteiger charge is -2.28. The topological polar surface area (TPSA) is 60.9 Å². The summed E-state index contributed by atoms with van der Waals surface area (Å²) in [6.07, 6.45) is 0. The van der Waals surface area contributed by atoms with Crippen LogP contribution in [0.3, 0.4) is 0 Å². The first-order valence-corrected chi connectivity index (χ1v) is 7.89. The molecule has 1 aliphatic heterocycles. The predicted molar refractivity (Wildman–Crippen MR) is 92.6 cm³/mol. The minimum atomic E-state index is -1.18. The van der Waals surface area contributed by atoms with Crippen LogP contribution in [0, 0.1) is 0 Å². The van der Waals surface area contributed by atoms with Crippen LogP contribution in [-0.4, -0.2) is 29.0 Å². The van der Waals surface area contributed by atoms with Gasteiger partial charge in [-0.1, -0.05) is 35.3 Å². The second-order valence-corrected chi connectivity index (χ2v) is 6.51. The molecule has 1 fully saturated rings. The van der Waals surface area contributed by atoms with Gasteiger partial charge in [-0.15, -0.1) is 0 Å². The number of phenolic OH excluding ortho intramolecular Hbond substituents is 1. The van der Waals surface area contributed by atoms with Crippen molar-refractivity contribution in [3.63, 3.8) is 0 Å². The summed E-state index contributed by atoms with van der Waals surface area (Å²) in [5, 5.41) is 10.1. The molecule has 3 amide bonds. The largest absolute Gasteiger partial charge is 0.508 e. The second-order valence-electron chi connectivity index (χ2n) is 5.70. The van der Waals surface area contributed by atoms with Crippen molar-refractivity contribution in [2.24, 2.45) is 0 Å². The summed E-state index contributed by atoms with van der Waals surface area (Å²) >= 11 is 11.9. The molecule has 1 atom stereocenters. The van der Waals surface area contributed by atoms with Gasteiger partial charge in [0.25, 0.3) is 5.91 Å². The minimum Gasteiger partial charge on any atom is -0.508 e. The number of urea groups is 1. The molecule has 7 heteroatoms. The van der Waals surface area contributed by atoms with Crippen molar-refractivity contribution >= 4 is 40.8 Å². The number of phenols is 1. The van der Waals surface area contributed by atoms with E-state index in [1.54, 1.807) is 32.2 Å². The number of aromatic hydroxyl groups is 1. The lowest BCUT2D eigenvalue weighted by Crippen LogP contribution is -2.42. The average molecular weight is 365 g/mol. The highest BCUT2D eigenvalue weighted by Gasteiger charge is 2.54. The second kappa shape index (κ2) is 5.69. The van der Waals surface area contributed by atoms with Gasteiger partial charge in [0.05, 0.1) is 15.7 Å². The molecule has 124 valence electrons.